The number of halogens is 4. The van der Waals surface area contributed by atoms with Gasteiger partial charge in [0, 0.05) is 29.8 Å². The van der Waals surface area contributed by atoms with Crippen LogP contribution in [0.1, 0.15) is 68.0 Å². The van der Waals surface area contributed by atoms with Crippen molar-refractivity contribution in [2.45, 2.75) is 74.8 Å². The lowest BCUT2D eigenvalue weighted by Gasteiger charge is -2.68. The second-order valence-corrected chi connectivity index (χ2v) is 10.9. The lowest BCUT2D eigenvalue weighted by atomic mass is 9.39. The van der Waals surface area contributed by atoms with Crippen LogP contribution in [0.5, 0.6) is 0 Å². The van der Waals surface area contributed by atoms with Crippen molar-refractivity contribution in [3.05, 3.63) is 46.4 Å². The predicted molar refractivity (Wildman–Crippen MR) is 114 cm³/mol. The van der Waals surface area contributed by atoms with E-state index >= 15 is 0 Å². The molecular weight excluding hydrogens is 473 g/mol. The minimum atomic E-state index is -4.63. The van der Waals surface area contributed by atoms with Gasteiger partial charge in [0.15, 0.2) is 0 Å². The third-order valence-corrected chi connectivity index (χ3v) is 7.91. The smallest absolute Gasteiger partial charge is 0.424 e. The van der Waals surface area contributed by atoms with E-state index in [1.807, 2.05) is 25.1 Å². The number of carbonyl (C=O) groups is 1. The van der Waals surface area contributed by atoms with Gasteiger partial charge < -0.3 is 9.73 Å². The molecule has 1 atom stereocenters. The van der Waals surface area contributed by atoms with Crippen molar-refractivity contribution in [3.8, 4) is 0 Å². The van der Waals surface area contributed by atoms with Gasteiger partial charge in [-0.2, -0.15) is 0 Å². The summed E-state index contributed by atoms with van der Waals surface area (Å²) in [6.07, 6.45) is 2.96. The average molecular weight is 495 g/mol. The molecule has 5 aliphatic carbocycles. The second-order valence-electron chi connectivity index (χ2n) is 10.5. The minimum Gasteiger partial charge on any atom is -0.424 e. The Balaban J connectivity index is 1.05. The summed E-state index contributed by atoms with van der Waals surface area (Å²) >= 11 is 6.01. The molecule has 180 valence electrons. The van der Waals surface area contributed by atoms with E-state index < -0.39 is 17.9 Å². The van der Waals surface area contributed by atoms with Gasteiger partial charge >= 0.3 is 6.36 Å². The van der Waals surface area contributed by atoms with Gasteiger partial charge in [0.2, 0.25) is 17.7 Å². The number of pyridine rings is 1. The minimum absolute atomic E-state index is 0.0455. The monoisotopic (exact) mass is 494 g/mol. The van der Waals surface area contributed by atoms with Gasteiger partial charge in [-0.25, -0.2) is 0 Å². The molecule has 4 saturated carbocycles. The molecule has 4 fully saturated rings. The molecule has 0 radical (unpaired) electrons. The third kappa shape index (κ3) is 3.53. The number of hydrogen-bond acceptors (Lipinski definition) is 6. The Kier molecular flexibility index (Phi) is 4.56. The molecule has 1 unspecified atom stereocenters. The highest BCUT2D eigenvalue weighted by molar-refractivity contribution is 6.30. The van der Waals surface area contributed by atoms with Crippen LogP contribution in [-0.2, 0) is 21.4 Å². The SMILES string of the molecule is CC1(C(=O)NC23CC(c4nnc(C5CC(OC(F)(F)F)C5)o4)(C2)C3)C=Cc2cc(Cl)cnc2C1. The Labute approximate surface area is 198 Å². The zero-order valence-corrected chi connectivity index (χ0v) is 19.0. The van der Waals surface area contributed by atoms with Crippen molar-refractivity contribution in [1.29, 1.82) is 0 Å². The maximum absolute atomic E-state index is 13.2. The summed E-state index contributed by atoms with van der Waals surface area (Å²) < 4.78 is 46.8. The number of ether oxygens (including phenoxy) is 1. The topological polar surface area (TPSA) is 90.1 Å². The van der Waals surface area contributed by atoms with Gasteiger partial charge in [0.1, 0.15) is 0 Å². The summed E-state index contributed by atoms with van der Waals surface area (Å²) in [5.74, 6) is 0.624. The molecule has 2 aromatic heterocycles. The molecule has 0 aromatic carbocycles. The molecule has 34 heavy (non-hydrogen) atoms. The summed E-state index contributed by atoms with van der Waals surface area (Å²) in [4.78, 5) is 17.6. The molecule has 0 saturated heterocycles. The van der Waals surface area contributed by atoms with Gasteiger partial charge in [-0.05, 0) is 50.7 Å². The average Bonchev–Trinajstić information content (AvgIpc) is 3.14. The standard InChI is InChI=1S/C23H22ClF3N4O3/c1-20(3-2-12-4-14(24)8-28-16(12)7-20)18(32)29-22-9-21(10-22,11-22)19-31-30-17(33-19)13-5-15(6-13)34-23(25,26)27/h2-4,8,13,15H,5-7,9-11H2,1H3,(H,29,32). The van der Waals surface area contributed by atoms with Crippen LogP contribution >= 0.6 is 11.6 Å². The summed E-state index contributed by atoms with van der Waals surface area (Å²) in [6.45, 7) is 1.90. The Morgan fingerprint density at radius 3 is 2.71 bits per heavy atom. The Morgan fingerprint density at radius 2 is 2.00 bits per heavy atom. The lowest BCUT2D eigenvalue weighted by molar-refractivity contribution is -0.352. The molecule has 7 nitrogen and oxygen atoms in total. The van der Waals surface area contributed by atoms with Crippen LogP contribution in [0.25, 0.3) is 6.08 Å². The zero-order valence-electron chi connectivity index (χ0n) is 18.3. The fraction of sp³-hybridized carbons (Fsp3) is 0.565. The van der Waals surface area contributed by atoms with E-state index in [-0.39, 0.29) is 35.6 Å². The third-order valence-electron chi connectivity index (χ3n) is 7.70. The summed E-state index contributed by atoms with van der Waals surface area (Å²) in [5, 5.41) is 12.0. The maximum atomic E-state index is 13.2. The van der Waals surface area contributed by atoms with Gasteiger partial charge in [-0.15, -0.1) is 23.4 Å². The summed E-state index contributed by atoms with van der Waals surface area (Å²) in [7, 11) is 0. The Hall–Kier alpha value is -2.46. The summed E-state index contributed by atoms with van der Waals surface area (Å²) in [5.41, 5.74) is 0.539. The first-order valence-electron chi connectivity index (χ1n) is 11.2. The molecule has 7 rings (SSSR count). The number of rotatable bonds is 5. The van der Waals surface area contributed by atoms with E-state index in [1.54, 1.807) is 6.20 Å². The van der Waals surface area contributed by atoms with Crippen molar-refractivity contribution in [2.24, 2.45) is 5.41 Å². The van der Waals surface area contributed by atoms with E-state index in [1.165, 1.54) is 0 Å². The van der Waals surface area contributed by atoms with Crippen LogP contribution in [0.2, 0.25) is 5.02 Å². The van der Waals surface area contributed by atoms with Gasteiger partial charge in [0.25, 0.3) is 0 Å². The maximum Gasteiger partial charge on any atom is 0.522 e. The molecule has 1 amide bonds. The van der Waals surface area contributed by atoms with E-state index in [4.69, 9.17) is 16.0 Å². The first-order valence-corrected chi connectivity index (χ1v) is 11.6. The number of aromatic nitrogens is 3. The van der Waals surface area contributed by atoms with Crippen LogP contribution in [0.3, 0.4) is 0 Å². The number of nitrogens with one attached hydrogen (secondary N) is 1. The molecule has 11 heteroatoms. The zero-order chi connectivity index (χ0) is 23.9. The van der Waals surface area contributed by atoms with E-state index in [0.29, 0.717) is 42.5 Å². The second kappa shape index (κ2) is 7.04. The number of carbonyl (C=O) groups excluding carboxylic acids is 1. The van der Waals surface area contributed by atoms with E-state index in [9.17, 15) is 18.0 Å². The quantitative estimate of drug-likeness (QED) is 0.659. The van der Waals surface area contributed by atoms with Crippen molar-refractivity contribution in [1.82, 2.24) is 20.5 Å². The first kappa shape index (κ1) is 22.0. The fourth-order valence-electron chi connectivity index (χ4n) is 5.81. The van der Waals surface area contributed by atoms with Crippen molar-refractivity contribution < 1.29 is 27.1 Å². The van der Waals surface area contributed by atoms with Crippen LogP contribution < -0.4 is 5.32 Å². The molecule has 0 aliphatic heterocycles. The fourth-order valence-corrected chi connectivity index (χ4v) is 5.98. The van der Waals surface area contributed by atoms with Crippen molar-refractivity contribution in [3.63, 3.8) is 0 Å². The van der Waals surface area contributed by atoms with Crippen LogP contribution in [0.4, 0.5) is 13.2 Å². The number of fused-ring (bicyclic) bond motifs is 1. The van der Waals surface area contributed by atoms with Crippen molar-refractivity contribution in [2.75, 3.05) is 0 Å². The van der Waals surface area contributed by atoms with Crippen LogP contribution in [-0.4, -0.2) is 39.1 Å². The number of nitrogens with zero attached hydrogens (tertiary/aromatic N) is 3. The normalized spacial score (nSPS) is 35.6. The Bertz CT molecular complexity index is 1190. The lowest BCUT2D eigenvalue weighted by Crippen LogP contribution is -2.77. The molecule has 0 spiro atoms. The highest BCUT2D eigenvalue weighted by Gasteiger charge is 2.72. The van der Waals surface area contributed by atoms with E-state index in [2.05, 4.69) is 25.2 Å². The molecule has 2 aromatic rings. The van der Waals surface area contributed by atoms with Gasteiger partial charge in [0.05, 0.1) is 22.0 Å². The number of amides is 1. The van der Waals surface area contributed by atoms with Gasteiger partial charge in [-0.1, -0.05) is 23.8 Å². The Morgan fingerprint density at radius 1 is 1.26 bits per heavy atom. The number of alkyl halides is 3. The molecule has 2 bridgehead atoms. The van der Waals surface area contributed by atoms with Gasteiger partial charge in [-0.3, -0.25) is 14.5 Å². The molecular formula is C23H22ClF3N4O3. The molecule has 2 heterocycles. The largest absolute Gasteiger partial charge is 0.522 e. The predicted octanol–water partition coefficient (Wildman–Crippen LogP) is 4.47. The summed E-state index contributed by atoms with van der Waals surface area (Å²) in [6, 6.07) is 1.84. The van der Waals surface area contributed by atoms with E-state index in [0.717, 1.165) is 11.3 Å². The number of hydrogen-bond donors (Lipinski definition) is 1. The highest BCUT2D eigenvalue weighted by atomic mass is 35.5. The van der Waals surface area contributed by atoms with Crippen molar-refractivity contribution >= 4 is 23.6 Å². The van der Waals surface area contributed by atoms with Crippen LogP contribution in [0, 0.1) is 5.41 Å². The first-order chi connectivity index (χ1) is 16.0. The molecule has 1 N–H and O–H groups in total. The highest BCUT2D eigenvalue weighted by Crippen LogP contribution is 2.67. The molecule has 5 aliphatic rings. The van der Waals surface area contributed by atoms with Crippen LogP contribution in [0.15, 0.2) is 22.8 Å².